The fourth-order valence-corrected chi connectivity index (χ4v) is 6.11. The molecule has 6 nitrogen and oxygen atoms in total. The van der Waals surface area contributed by atoms with E-state index < -0.39 is 0 Å². The monoisotopic (exact) mass is 573 g/mol. The van der Waals surface area contributed by atoms with Crippen molar-refractivity contribution in [1.29, 1.82) is 0 Å². The summed E-state index contributed by atoms with van der Waals surface area (Å²) >= 11 is 6.17. The maximum atomic E-state index is 6.57. The number of fused-ring (bicyclic) bond motifs is 2. The summed E-state index contributed by atoms with van der Waals surface area (Å²) in [4.78, 5) is 9.10. The summed E-state index contributed by atoms with van der Waals surface area (Å²) in [5, 5.41) is 4.16. The topological polar surface area (TPSA) is 70.6 Å². The van der Waals surface area contributed by atoms with Gasteiger partial charge in [0, 0.05) is 78.4 Å². The number of halogens is 1. The molecular weight excluding hydrogens is 542 g/mol. The van der Waals surface area contributed by atoms with Gasteiger partial charge in [0.2, 0.25) is 0 Å². The number of pyridine rings is 1. The Kier molecular flexibility index (Phi) is 6.94. The highest BCUT2D eigenvalue weighted by atomic mass is 35.5. The van der Waals surface area contributed by atoms with Crippen LogP contribution in [0.2, 0.25) is 5.02 Å². The largest absolute Gasteiger partial charge is 0.454 e. The molecule has 0 amide bonds. The van der Waals surface area contributed by atoms with Gasteiger partial charge in [0.1, 0.15) is 11.6 Å². The van der Waals surface area contributed by atoms with Crippen LogP contribution in [0.15, 0.2) is 102 Å². The number of rotatable bonds is 5. The average Bonchev–Trinajstić information content (AvgIpc) is 3.41. The molecule has 0 unspecified atom stereocenters. The predicted octanol–water partition coefficient (Wildman–Crippen LogP) is 7.24. The summed E-state index contributed by atoms with van der Waals surface area (Å²) in [5.41, 5.74) is 15.8. The van der Waals surface area contributed by atoms with Gasteiger partial charge in [-0.1, -0.05) is 42.4 Å². The molecule has 4 heterocycles. The number of nitrogen functional groups attached to an aromatic ring is 1. The lowest BCUT2D eigenvalue weighted by Crippen LogP contribution is -2.43. The lowest BCUT2D eigenvalue weighted by molar-refractivity contribution is 0.562. The third-order valence-electron chi connectivity index (χ3n) is 8.19. The van der Waals surface area contributed by atoms with E-state index >= 15 is 0 Å². The number of hydrogen-bond donors (Lipinski definition) is 2. The zero-order valence-electron chi connectivity index (χ0n) is 23.3. The maximum Gasteiger partial charge on any atom is 0.154 e. The minimum absolute atomic E-state index is 0.508. The number of hydrogen-bond acceptors (Lipinski definition) is 6. The first-order valence-electron chi connectivity index (χ1n) is 14.3. The van der Waals surface area contributed by atoms with E-state index in [0.29, 0.717) is 17.4 Å². The Hall–Kier alpha value is -4.52. The number of furan rings is 1. The van der Waals surface area contributed by atoms with Gasteiger partial charge < -0.3 is 25.3 Å². The first-order valence-corrected chi connectivity index (χ1v) is 14.6. The minimum Gasteiger partial charge on any atom is -0.454 e. The van der Waals surface area contributed by atoms with E-state index in [0.717, 1.165) is 83.3 Å². The predicted molar refractivity (Wildman–Crippen MR) is 173 cm³/mol. The smallest absolute Gasteiger partial charge is 0.154 e. The standard InChI is InChI=1S/C35H32ClN5O/c1-23-35-28(20-33(42-35)24-6-9-29(36)10-7-24)18-27-19-30(40-16-14-38-15-17-40)11-12-32(27)41(23)22-26-4-2-3-5-31(26)25-8-13-34(37)39-21-25/h2-13,19-21,38H,1,14-18,22H2,(H2,37,39). The van der Waals surface area contributed by atoms with E-state index in [1.165, 1.54) is 11.3 Å². The summed E-state index contributed by atoms with van der Waals surface area (Å²) in [5.74, 6) is 2.13. The highest BCUT2D eigenvalue weighted by Gasteiger charge is 2.28. The zero-order valence-corrected chi connectivity index (χ0v) is 24.1. The minimum atomic E-state index is 0.508. The first-order chi connectivity index (χ1) is 20.5. The summed E-state index contributed by atoms with van der Waals surface area (Å²) < 4.78 is 6.57. The van der Waals surface area contributed by atoms with Crippen molar-refractivity contribution in [2.45, 2.75) is 13.0 Å². The number of benzene rings is 3. The first kappa shape index (κ1) is 26.4. The van der Waals surface area contributed by atoms with Gasteiger partial charge in [-0.2, -0.15) is 0 Å². The molecule has 0 bridgehead atoms. The highest BCUT2D eigenvalue weighted by molar-refractivity contribution is 6.30. The Balaban J connectivity index is 1.33. The van der Waals surface area contributed by atoms with Crippen LogP contribution in [0.5, 0.6) is 0 Å². The number of nitrogens with one attached hydrogen (secondary N) is 1. The number of nitrogens with zero attached hydrogens (tertiary/aromatic N) is 3. The summed E-state index contributed by atoms with van der Waals surface area (Å²) in [6, 6.07) is 29.1. The number of anilines is 3. The van der Waals surface area contributed by atoms with Crippen LogP contribution in [0.25, 0.3) is 28.1 Å². The molecule has 3 aromatic carbocycles. The molecule has 3 N–H and O–H groups in total. The van der Waals surface area contributed by atoms with Crippen LogP contribution in [0.1, 0.15) is 22.5 Å². The van der Waals surface area contributed by atoms with Gasteiger partial charge in [-0.25, -0.2) is 4.98 Å². The zero-order chi connectivity index (χ0) is 28.6. The highest BCUT2D eigenvalue weighted by Crippen LogP contribution is 2.42. The van der Waals surface area contributed by atoms with E-state index in [2.05, 4.69) is 75.2 Å². The molecule has 7 rings (SSSR count). The van der Waals surface area contributed by atoms with Gasteiger partial charge in [-0.15, -0.1) is 0 Å². The van der Waals surface area contributed by atoms with Gasteiger partial charge >= 0.3 is 0 Å². The van der Waals surface area contributed by atoms with Crippen LogP contribution in [-0.2, 0) is 13.0 Å². The number of piperazine rings is 1. The fraction of sp³-hybridized carbons (Fsp3) is 0.171. The molecule has 2 aromatic heterocycles. The Bertz CT molecular complexity index is 1750. The van der Waals surface area contributed by atoms with Crippen LogP contribution in [0.3, 0.4) is 0 Å². The van der Waals surface area contributed by atoms with Crippen LogP contribution < -0.4 is 20.9 Å². The van der Waals surface area contributed by atoms with Crippen molar-refractivity contribution < 1.29 is 4.42 Å². The van der Waals surface area contributed by atoms with Crippen molar-refractivity contribution in [2.24, 2.45) is 0 Å². The molecule has 42 heavy (non-hydrogen) atoms. The Morgan fingerprint density at radius 1 is 0.905 bits per heavy atom. The van der Waals surface area contributed by atoms with Crippen LogP contribution in [0, 0.1) is 0 Å². The van der Waals surface area contributed by atoms with Gasteiger partial charge in [-0.05, 0) is 77.4 Å². The molecule has 0 radical (unpaired) electrons. The van der Waals surface area contributed by atoms with Crippen molar-refractivity contribution in [3.8, 4) is 22.5 Å². The third-order valence-corrected chi connectivity index (χ3v) is 8.44. The second-order valence-electron chi connectivity index (χ2n) is 10.9. The van der Waals surface area contributed by atoms with Crippen molar-refractivity contribution >= 4 is 34.5 Å². The van der Waals surface area contributed by atoms with E-state index in [1.807, 2.05) is 42.6 Å². The fourth-order valence-electron chi connectivity index (χ4n) is 5.99. The van der Waals surface area contributed by atoms with Crippen molar-refractivity contribution in [2.75, 3.05) is 41.7 Å². The summed E-state index contributed by atoms with van der Waals surface area (Å²) in [7, 11) is 0. The molecule has 210 valence electrons. The van der Waals surface area contributed by atoms with E-state index in [9.17, 15) is 0 Å². The van der Waals surface area contributed by atoms with Gasteiger partial charge in [0.25, 0.3) is 0 Å². The Morgan fingerprint density at radius 2 is 1.69 bits per heavy atom. The van der Waals surface area contributed by atoms with Crippen molar-refractivity contribution in [3.05, 3.63) is 125 Å². The van der Waals surface area contributed by atoms with Gasteiger partial charge in [0.15, 0.2) is 5.76 Å². The normalized spacial score (nSPS) is 14.8. The summed E-state index contributed by atoms with van der Waals surface area (Å²) in [6.07, 6.45) is 2.59. The molecule has 0 saturated carbocycles. The van der Waals surface area contributed by atoms with Gasteiger partial charge in [0.05, 0.1) is 5.70 Å². The van der Waals surface area contributed by atoms with E-state index in [1.54, 1.807) is 0 Å². The molecule has 0 aliphatic carbocycles. The molecule has 0 spiro atoms. The van der Waals surface area contributed by atoms with Gasteiger partial charge in [-0.3, -0.25) is 0 Å². The SMILES string of the molecule is C=C1c2oc(-c3ccc(Cl)cc3)cc2Cc2cc(N3CCNCC3)ccc2N1Cc1ccccc1-c1ccc(N)nc1. The van der Waals surface area contributed by atoms with Crippen molar-refractivity contribution in [1.82, 2.24) is 10.3 Å². The number of nitrogens with two attached hydrogens (primary N) is 1. The molecule has 1 saturated heterocycles. The van der Waals surface area contributed by atoms with Crippen LogP contribution >= 0.6 is 11.6 Å². The molecular formula is C35H32ClN5O. The second-order valence-corrected chi connectivity index (χ2v) is 11.3. The quantitative estimate of drug-likeness (QED) is 0.231. The lowest BCUT2D eigenvalue weighted by Gasteiger charge is -2.31. The van der Waals surface area contributed by atoms with Crippen LogP contribution in [0.4, 0.5) is 17.2 Å². The van der Waals surface area contributed by atoms with E-state index in [4.69, 9.17) is 21.8 Å². The molecule has 7 heteroatoms. The maximum absolute atomic E-state index is 6.57. The Morgan fingerprint density at radius 3 is 2.48 bits per heavy atom. The Labute approximate surface area is 251 Å². The number of aromatic nitrogens is 1. The molecule has 5 aromatic rings. The third kappa shape index (κ3) is 5.04. The lowest BCUT2D eigenvalue weighted by atomic mass is 9.99. The second kappa shape index (κ2) is 11.0. The molecule has 2 aliphatic heterocycles. The molecule has 0 atom stereocenters. The summed E-state index contributed by atoms with van der Waals surface area (Å²) in [6.45, 7) is 9.20. The van der Waals surface area contributed by atoms with Crippen molar-refractivity contribution in [3.63, 3.8) is 0 Å². The average molecular weight is 574 g/mol. The molecule has 2 aliphatic rings. The van der Waals surface area contributed by atoms with E-state index in [-0.39, 0.29) is 0 Å². The molecule has 1 fully saturated rings. The van der Waals surface area contributed by atoms with Crippen LogP contribution in [-0.4, -0.2) is 31.2 Å².